The molecule has 2 aliphatic rings. The Balaban J connectivity index is 1.69. The van der Waals surface area contributed by atoms with Crippen LogP contribution >= 0.6 is 0 Å². The van der Waals surface area contributed by atoms with Crippen molar-refractivity contribution < 1.29 is 29.0 Å². The largest absolute Gasteiger partial charge is 0.480 e. The maximum atomic E-state index is 12.5. The van der Waals surface area contributed by atoms with Gasteiger partial charge in [-0.1, -0.05) is 20.3 Å². The van der Waals surface area contributed by atoms with Crippen molar-refractivity contribution in [2.45, 2.75) is 32.7 Å². The minimum Gasteiger partial charge on any atom is -0.480 e. The molecular weight excluding hydrogens is 340 g/mol. The number of carboxylic acid groups (broad SMARTS) is 1. The molecule has 3 unspecified atom stereocenters. The number of nitrogens with zero attached hydrogens (tertiary/aromatic N) is 1. The van der Waals surface area contributed by atoms with Crippen LogP contribution in [-0.4, -0.2) is 42.3 Å². The molecule has 0 aliphatic carbocycles. The second kappa shape index (κ2) is 7.23. The number of hydrogen-bond donors (Lipinski definition) is 2. The van der Waals surface area contributed by atoms with E-state index >= 15 is 0 Å². The fourth-order valence-corrected chi connectivity index (χ4v) is 3.14. The number of ether oxygens (including phenoxy) is 2. The van der Waals surface area contributed by atoms with Crippen LogP contribution < -0.4 is 19.7 Å². The lowest BCUT2D eigenvalue weighted by Crippen LogP contribution is -2.47. The number of rotatable bonds is 6. The molecule has 2 heterocycles. The van der Waals surface area contributed by atoms with Crippen LogP contribution in [0, 0.1) is 11.8 Å². The van der Waals surface area contributed by atoms with Crippen LogP contribution in [0.15, 0.2) is 18.2 Å². The van der Waals surface area contributed by atoms with Crippen molar-refractivity contribution in [1.82, 2.24) is 5.32 Å². The van der Waals surface area contributed by atoms with Crippen LogP contribution in [0.1, 0.15) is 26.7 Å². The van der Waals surface area contributed by atoms with E-state index in [2.05, 4.69) is 5.32 Å². The van der Waals surface area contributed by atoms with Gasteiger partial charge in [-0.15, -0.1) is 0 Å². The number of benzene rings is 1. The first-order chi connectivity index (χ1) is 12.4. The van der Waals surface area contributed by atoms with Gasteiger partial charge in [-0.25, -0.2) is 4.79 Å². The third-order valence-electron chi connectivity index (χ3n) is 4.94. The Morgan fingerprint density at radius 2 is 2.08 bits per heavy atom. The van der Waals surface area contributed by atoms with Gasteiger partial charge in [-0.2, -0.15) is 0 Å². The Labute approximate surface area is 151 Å². The van der Waals surface area contributed by atoms with Gasteiger partial charge in [0, 0.05) is 24.7 Å². The molecule has 0 spiro atoms. The summed E-state index contributed by atoms with van der Waals surface area (Å²) in [5.74, 6) is -1.26. The van der Waals surface area contributed by atoms with Gasteiger partial charge in [-0.05, 0) is 18.1 Å². The SMILES string of the molecule is CCC(C)C(NC(=O)C1CC(=O)N(c2ccc3c(c2)OCO3)C1)C(=O)O. The summed E-state index contributed by atoms with van der Waals surface area (Å²) in [4.78, 5) is 37.8. The van der Waals surface area contributed by atoms with E-state index in [-0.39, 0.29) is 31.6 Å². The summed E-state index contributed by atoms with van der Waals surface area (Å²) >= 11 is 0. The average Bonchev–Trinajstić information content (AvgIpc) is 3.24. The number of anilines is 1. The zero-order chi connectivity index (χ0) is 18.8. The zero-order valence-electron chi connectivity index (χ0n) is 14.7. The zero-order valence-corrected chi connectivity index (χ0v) is 14.7. The topological polar surface area (TPSA) is 105 Å². The highest BCUT2D eigenvalue weighted by molar-refractivity contribution is 6.01. The minimum atomic E-state index is -1.07. The van der Waals surface area contributed by atoms with Gasteiger partial charge in [0.25, 0.3) is 0 Å². The van der Waals surface area contributed by atoms with E-state index in [0.717, 1.165) is 0 Å². The molecular formula is C18H22N2O6. The molecule has 140 valence electrons. The van der Waals surface area contributed by atoms with E-state index in [4.69, 9.17) is 9.47 Å². The molecule has 2 N–H and O–H groups in total. The number of carbonyl (C=O) groups excluding carboxylic acids is 2. The van der Waals surface area contributed by atoms with E-state index in [1.54, 1.807) is 25.1 Å². The van der Waals surface area contributed by atoms with Crippen molar-refractivity contribution in [2.75, 3.05) is 18.2 Å². The molecule has 1 aromatic carbocycles. The first-order valence-electron chi connectivity index (χ1n) is 8.64. The van der Waals surface area contributed by atoms with Crippen molar-refractivity contribution >= 4 is 23.5 Å². The van der Waals surface area contributed by atoms with E-state index in [1.165, 1.54) is 4.90 Å². The van der Waals surface area contributed by atoms with E-state index in [9.17, 15) is 19.5 Å². The maximum Gasteiger partial charge on any atom is 0.326 e. The molecule has 0 radical (unpaired) electrons. The van der Waals surface area contributed by atoms with Crippen molar-refractivity contribution in [2.24, 2.45) is 11.8 Å². The molecule has 2 amide bonds. The highest BCUT2D eigenvalue weighted by atomic mass is 16.7. The number of carbonyl (C=O) groups is 3. The summed E-state index contributed by atoms with van der Waals surface area (Å²) in [5, 5.41) is 11.9. The van der Waals surface area contributed by atoms with Gasteiger partial charge in [0.1, 0.15) is 6.04 Å². The van der Waals surface area contributed by atoms with E-state index < -0.39 is 23.8 Å². The smallest absolute Gasteiger partial charge is 0.326 e. The molecule has 1 saturated heterocycles. The monoisotopic (exact) mass is 362 g/mol. The normalized spacial score (nSPS) is 20.8. The Morgan fingerprint density at radius 3 is 2.77 bits per heavy atom. The highest BCUT2D eigenvalue weighted by Gasteiger charge is 2.37. The van der Waals surface area contributed by atoms with E-state index in [1.807, 2.05) is 6.92 Å². The van der Waals surface area contributed by atoms with Gasteiger partial charge < -0.3 is 24.8 Å². The third kappa shape index (κ3) is 3.44. The second-order valence-corrected chi connectivity index (χ2v) is 6.65. The Morgan fingerprint density at radius 1 is 1.35 bits per heavy atom. The first kappa shape index (κ1) is 18.0. The number of hydrogen-bond acceptors (Lipinski definition) is 5. The first-order valence-corrected chi connectivity index (χ1v) is 8.64. The molecule has 0 aromatic heterocycles. The molecule has 1 fully saturated rings. The summed E-state index contributed by atoms with van der Waals surface area (Å²) in [7, 11) is 0. The summed E-state index contributed by atoms with van der Waals surface area (Å²) in [6.07, 6.45) is 0.678. The molecule has 0 bridgehead atoms. The van der Waals surface area contributed by atoms with Crippen LogP contribution in [0.4, 0.5) is 5.69 Å². The summed E-state index contributed by atoms with van der Waals surface area (Å²) in [6, 6.07) is 4.22. The number of fused-ring (bicyclic) bond motifs is 1. The third-order valence-corrected chi connectivity index (χ3v) is 4.94. The quantitative estimate of drug-likeness (QED) is 0.792. The van der Waals surface area contributed by atoms with Crippen LogP contribution in [0.25, 0.3) is 0 Å². The Hall–Kier alpha value is -2.77. The molecule has 1 aromatic rings. The number of amides is 2. The number of carboxylic acids is 1. The molecule has 2 aliphatic heterocycles. The van der Waals surface area contributed by atoms with Crippen LogP contribution in [0.5, 0.6) is 11.5 Å². The van der Waals surface area contributed by atoms with Crippen molar-refractivity contribution in [3.8, 4) is 11.5 Å². The summed E-state index contributed by atoms with van der Waals surface area (Å²) in [6.45, 7) is 3.99. The molecule has 0 saturated carbocycles. The van der Waals surface area contributed by atoms with Crippen LogP contribution in [-0.2, 0) is 14.4 Å². The number of aliphatic carboxylic acids is 1. The molecule has 3 rings (SSSR count). The maximum absolute atomic E-state index is 12.5. The van der Waals surface area contributed by atoms with Crippen molar-refractivity contribution in [3.63, 3.8) is 0 Å². The van der Waals surface area contributed by atoms with Gasteiger partial charge in [0.15, 0.2) is 11.5 Å². The minimum absolute atomic E-state index is 0.0487. The van der Waals surface area contributed by atoms with Gasteiger partial charge in [0.05, 0.1) is 5.92 Å². The van der Waals surface area contributed by atoms with Crippen molar-refractivity contribution in [1.29, 1.82) is 0 Å². The summed E-state index contributed by atoms with van der Waals surface area (Å²) in [5.41, 5.74) is 0.631. The van der Waals surface area contributed by atoms with Gasteiger partial charge in [-0.3, -0.25) is 9.59 Å². The fourth-order valence-electron chi connectivity index (χ4n) is 3.14. The lowest BCUT2D eigenvalue weighted by molar-refractivity contribution is -0.143. The summed E-state index contributed by atoms with van der Waals surface area (Å²) < 4.78 is 10.6. The Bertz CT molecular complexity index is 734. The lowest BCUT2D eigenvalue weighted by atomic mass is 9.98. The van der Waals surface area contributed by atoms with E-state index in [0.29, 0.717) is 23.6 Å². The average molecular weight is 362 g/mol. The van der Waals surface area contributed by atoms with Crippen LogP contribution in [0.3, 0.4) is 0 Å². The van der Waals surface area contributed by atoms with Crippen molar-refractivity contribution in [3.05, 3.63) is 18.2 Å². The molecule has 8 nitrogen and oxygen atoms in total. The fraction of sp³-hybridized carbons (Fsp3) is 0.500. The lowest BCUT2D eigenvalue weighted by Gasteiger charge is -2.22. The highest BCUT2D eigenvalue weighted by Crippen LogP contribution is 2.37. The molecule has 3 atom stereocenters. The Kier molecular flexibility index (Phi) is 5.01. The predicted molar refractivity (Wildman–Crippen MR) is 92.0 cm³/mol. The molecule has 8 heteroatoms. The second-order valence-electron chi connectivity index (χ2n) is 6.65. The van der Waals surface area contributed by atoms with Crippen LogP contribution in [0.2, 0.25) is 0 Å². The predicted octanol–water partition coefficient (Wildman–Crippen LogP) is 1.38. The standard InChI is InChI=1S/C18H22N2O6/c1-3-10(2)16(18(23)24)19-17(22)11-6-15(21)20(8-11)12-4-5-13-14(7-12)26-9-25-13/h4-5,7,10-11,16H,3,6,8-9H2,1-2H3,(H,19,22)(H,23,24). The van der Waals surface area contributed by atoms with Gasteiger partial charge >= 0.3 is 5.97 Å². The number of nitrogens with one attached hydrogen (secondary N) is 1. The van der Waals surface area contributed by atoms with Gasteiger partial charge in [0.2, 0.25) is 18.6 Å². The molecule has 26 heavy (non-hydrogen) atoms.